The number of carbonyl (C=O) groups is 2. The number of Topliss-reactive ketones (excluding diaryl/α,β-unsaturated/α-hetero) is 1. The van der Waals surface area contributed by atoms with Crippen molar-refractivity contribution in [2.75, 3.05) is 31.1 Å². The van der Waals surface area contributed by atoms with Crippen molar-refractivity contribution >= 4 is 23.2 Å². The number of non-ortho nitro benzene ring substituents is 1. The van der Waals surface area contributed by atoms with Crippen LogP contribution in [0.3, 0.4) is 0 Å². The van der Waals surface area contributed by atoms with Crippen LogP contribution in [0.4, 0.5) is 11.5 Å². The summed E-state index contributed by atoms with van der Waals surface area (Å²) >= 11 is 0. The van der Waals surface area contributed by atoms with Gasteiger partial charge in [0.25, 0.3) is 11.6 Å². The third-order valence-corrected chi connectivity index (χ3v) is 8.23. The molecule has 2 aliphatic rings. The van der Waals surface area contributed by atoms with Gasteiger partial charge in [-0.3, -0.25) is 29.3 Å². The average Bonchev–Trinajstić information content (AvgIpc) is 3.32. The Balaban J connectivity index is 1.21. The molecule has 0 atom stereocenters. The Morgan fingerprint density at radius 3 is 2.38 bits per heavy atom. The van der Waals surface area contributed by atoms with E-state index in [0.717, 1.165) is 93.6 Å². The molecule has 210 valence electrons. The highest BCUT2D eigenvalue weighted by Crippen LogP contribution is 2.31. The number of aryl methyl sites for hydroxylation is 2. The molecule has 0 N–H and O–H groups in total. The zero-order chi connectivity index (χ0) is 28.1. The normalized spacial score (nSPS) is 15.9. The molecular formula is C31H37N5O4. The zero-order valence-electron chi connectivity index (χ0n) is 23.1. The van der Waals surface area contributed by atoms with Crippen LogP contribution in [0.25, 0.3) is 0 Å². The molecule has 0 unspecified atom stereocenters. The molecule has 9 nitrogen and oxygen atoms in total. The van der Waals surface area contributed by atoms with Gasteiger partial charge in [0.15, 0.2) is 5.78 Å². The summed E-state index contributed by atoms with van der Waals surface area (Å²) in [6.07, 6.45) is 7.51. The van der Waals surface area contributed by atoms with Crippen molar-refractivity contribution in [3.63, 3.8) is 0 Å². The Morgan fingerprint density at radius 1 is 0.975 bits per heavy atom. The van der Waals surface area contributed by atoms with Gasteiger partial charge < -0.3 is 4.90 Å². The van der Waals surface area contributed by atoms with E-state index < -0.39 is 4.92 Å². The second-order valence-corrected chi connectivity index (χ2v) is 10.9. The van der Waals surface area contributed by atoms with Crippen LogP contribution >= 0.6 is 0 Å². The summed E-state index contributed by atoms with van der Waals surface area (Å²) in [4.78, 5) is 41.5. The topological polar surface area (TPSA) is 102 Å². The summed E-state index contributed by atoms with van der Waals surface area (Å²) in [6.45, 7) is 3.29. The maximum Gasteiger partial charge on any atom is 0.269 e. The van der Waals surface area contributed by atoms with Crippen LogP contribution in [0.15, 0.2) is 54.6 Å². The van der Waals surface area contributed by atoms with Gasteiger partial charge in [0.1, 0.15) is 5.82 Å². The molecule has 5 rings (SSSR count). The third kappa shape index (κ3) is 6.14. The molecule has 1 amide bonds. The van der Waals surface area contributed by atoms with Crippen LogP contribution in [0.1, 0.15) is 70.5 Å². The van der Waals surface area contributed by atoms with Gasteiger partial charge in [-0.2, -0.15) is 5.10 Å². The van der Waals surface area contributed by atoms with E-state index in [1.54, 1.807) is 0 Å². The number of likely N-dealkylation sites (tertiary alicyclic amines) is 1. The number of carbonyl (C=O) groups excluding carboxylic acids is 2. The minimum absolute atomic E-state index is 0.0322. The Kier molecular flexibility index (Phi) is 8.69. The van der Waals surface area contributed by atoms with Gasteiger partial charge in [-0.05, 0) is 83.1 Å². The maximum absolute atomic E-state index is 13.7. The first-order chi connectivity index (χ1) is 19.4. The molecule has 1 fully saturated rings. The van der Waals surface area contributed by atoms with E-state index in [2.05, 4.69) is 4.90 Å². The zero-order valence-corrected chi connectivity index (χ0v) is 23.1. The number of nitrogens with zero attached hydrogens (tertiary/aromatic N) is 5. The highest BCUT2D eigenvalue weighted by molar-refractivity contribution is 6.06. The number of benzene rings is 2. The summed E-state index contributed by atoms with van der Waals surface area (Å²) in [5.41, 5.74) is 3.42. The molecule has 1 aliphatic heterocycles. The van der Waals surface area contributed by atoms with Crippen LogP contribution < -0.4 is 4.90 Å². The van der Waals surface area contributed by atoms with E-state index in [1.807, 2.05) is 47.0 Å². The van der Waals surface area contributed by atoms with Crippen molar-refractivity contribution < 1.29 is 14.5 Å². The largest absolute Gasteiger partial charge is 0.303 e. The number of fused-ring (bicyclic) bond motifs is 1. The molecular weight excluding hydrogens is 506 g/mol. The van der Waals surface area contributed by atoms with E-state index in [0.29, 0.717) is 12.1 Å². The maximum atomic E-state index is 13.7. The summed E-state index contributed by atoms with van der Waals surface area (Å²) in [5, 5.41) is 15.8. The van der Waals surface area contributed by atoms with Crippen LogP contribution in [-0.4, -0.2) is 57.5 Å². The average molecular weight is 544 g/mol. The lowest BCUT2D eigenvalue weighted by Crippen LogP contribution is -2.38. The molecule has 2 aromatic carbocycles. The fourth-order valence-corrected chi connectivity index (χ4v) is 6.05. The lowest BCUT2D eigenvalue weighted by Gasteiger charge is -2.31. The number of hydrogen-bond acceptors (Lipinski definition) is 6. The number of amides is 1. The second kappa shape index (κ2) is 12.6. The predicted octanol–water partition coefficient (Wildman–Crippen LogP) is 5.23. The van der Waals surface area contributed by atoms with E-state index >= 15 is 0 Å². The Labute approximate surface area is 234 Å². The summed E-state index contributed by atoms with van der Waals surface area (Å²) in [6, 6.07) is 15.4. The molecule has 9 heteroatoms. The number of piperidine rings is 1. The van der Waals surface area contributed by atoms with E-state index in [1.165, 1.54) is 24.3 Å². The molecule has 0 spiro atoms. The second-order valence-electron chi connectivity index (χ2n) is 10.9. The molecule has 1 aromatic heterocycles. The van der Waals surface area contributed by atoms with Crippen molar-refractivity contribution in [1.82, 2.24) is 14.7 Å². The fraction of sp³-hybridized carbons (Fsp3) is 0.452. The number of aromatic nitrogens is 2. The van der Waals surface area contributed by atoms with Crippen LogP contribution in [0.2, 0.25) is 0 Å². The lowest BCUT2D eigenvalue weighted by atomic mass is 9.89. The lowest BCUT2D eigenvalue weighted by molar-refractivity contribution is -0.384. The van der Waals surface area contributed by atoms with Gasteiger partial charge >= 0.3 is 0 Å². The first kappa shape index (κ1) is 27.7. The minimum atomic E-state index is -0.454. The molecule has 40 heavy (non-hydrogen) atoms. The Bertz CT molecular complexity index is 1340. The van der Waals surface area contributed by atoms with E-state index in [-0.39, 0.29) is 23.3 Å². The van der Waals surface area contributed by atoms with Gasteiger partial charge in [0.05, 0.1) is 10.6 Å². The Hall–Kier alpha value is -3.85. The molecule has 2 heterocycles. The van der Waals surface area contributed by atoms with Gasteiger partial charge in [0.2, 0.25) is 0 Å². The summed E-state index contributed by atoms with van der Waals surface area (Å²) < 4.78 is 1.83. The number of ketones is 1. The molecule has 3 aromatic rings. The number of nitro benzene ring substituents is 1. The van der Waals surface area contributed by atoms with E-state index in [4.69, 9.17) is 5.10 Å². The van der Waals surface area contributed by atoms with Crippen molar-refractivity contribution in [3.8, 4) is 0 Å². The SMILES string of the molecule is Cn1nc2c(c1N(CCCCN1CCC(C(=O)c3ccccc3)CC1)C(=O)c1ccc([N+](=O)[O-])cc1)CCCC2. The highest BCUT2D eigenvalue weighted by Gasteiger charge is 2.29. The monoisotopic (exact) mass is 543 g/mol. The molecule has 1 aliphatic carbocycles. The molecule has 0 saturated carbocycles. The van der Waals surface area contributed by atoms with Gasteiger partial charge in [-0.25, -0.2) is 0 Å². The smallest absolute Gasteiger partial charge is 0.269 e. The van der Waals surface area contributed by atoms with Gasteiger partial charge in [0, 0.05) is 48.3 Å². The first-order valence-electron chi connectivity index (χ1n) is 14.3. The highest BCUT2D eigenvalue weighted by atomic mass is 16.6. The fourth-order valence-electron chi connectivity index (χ4n) is 6.05. The molecule has 0 bridgehead atoms. The van der Waals surface area contributed by atoms with Gasteiger partial charge in [-0.1, -0.05) is 30.3 Å². The van der Waals surface area contributed by atoms with Gasteiger partial charge in [-0.15, -0.1) is 0 Å². The van der Waals surface area contributed by atoms with Crippen LogP contribution in [0.5, 0.6) is 0 Å². The van der Waals surface area contributed by atoms with Crippen molar-refractivity contribution in [1.29, 1.82) is 0 Å². The number of hydrogen-bond donors (Lipinski definition) is 0. The van der Waals surface area contributed by atoms with E-state index in [9.17, 15) is 19.7 Å². The first-order valence-corrected chi connectivity index (χ1v) is 14.3. The molecule has 0 radical (unpaired) electrons. The van der Waals surface area contributed by atoms with Crippen molar-refractivity contribution in [2.45, 2.75) is 51.4 Å². The minimum Gasteiger partial charge on any atom is -0.303 e. The summed E-state index contributed by atoms with van der Waals surface area (Å²) in [5.74, 6) is 1.02. The quantitative estimate of drug-likeness (QED) is 0.150. The third-order valence-electron chi connectivity index (χ3n) is 8.23. The number of nitro groups is 1. The molecule has 1 saturated heterocycles. The number of unbranched alkanes of at least 4 members (excludes halogenated alkanes) is 1. The van der Waals surface area contributed by atoms with Crippen LogP contribution in [0, 0.1) is 16.0 Å². The summed E-state index contributed by atoms with van der Waals surface area (Å²) in [7, 11) is 1.89. The number of rotatable bonds is 10. The van der Waals surface area contributed by atoms with Crippen molar-refractivity contribution in [3.05, 3.63) is 87.1 Å². The Morgan fingerprint density at radius 2 is 1.68 bits per heavy atom. The number of anilines is 1. The predicted molar refractivity (Wildman–Crippen MR) is 154 cm³/mol. The van der Waals surface area contributed by atoms with Crippen LogP contribution in [-0.2, 0) is 19.9 Å². The standard InChI is InChI=1S/C31H37N5O4/c1-33-30(27-11-5-6-12-28(27)32-33)35(31(38)25-13-15-26(16-14-25)36(39)40)20-8-7-19-34-21-17-24(18-22-34)29(37)23-9-3-2-4-10-23/h2-4,9-10,13-16,24H,5-8,11-12,17-22H2,1H3. The van der Waals surface area contributed by atoms with Crippen molar-refractivity contribution in [2.24, 2.45) is 13.0 Å².